The molecule has 1 N–H and O–H groups in total. The minimum absolute atomic E-state index is 0.0410. The van der Waals surface area contributed by atoms with Crippen LogP contribution in [-0.2, 0) is 4.79 Å². The van der Waals surface area contributed by atoms with E-state index in [2.05, 4.69) is 11.4 Å². The van der Waals surface area contributed by atoms with Gasteiger partial charge in [0.05, 0.1) is 44.7 Å². The monoisotopic (exact) mass is 560 g/mol. The molecule has 3 unspecified atom stereocenters. The van der Waals surface area contributed by atoms with Gasteiger partial charge in [-0.15, -0.1) is 0 Å². The molecule has 1 amide bonds. The number of fused-ring (bicyclic) bond motifs is 2. The molecule has 3 atom stereocenters. The number of hydrogen-bond acceptors (Lipinski definition) is 6. The van der Waals surface area contributed by atoms with Gasteiger partial charge >= 0.3 is 0 Å². The van der Waals surface area contributed by atoms with Gasteiger partial charge in [0.1, 0.15) is 11.5 Å². The van der Waals surface area contributed by atoms with E-state index in [1.54, 1.807) is 38.4 Å². The maximum absolute atomic E-state index is 14.3. The SMILES string of the molecule is COc1ccc(C2C3C(=O)CC(c4ccc(OC)c(OC)c4)C=C3Nc3ccccc3N2C(=O)c2ccccc2)cc1. The molecular formula is C35H32N2O5. The van der Waals surface area contributed by atoms with Gasteiger partial charge in [0.2, 0.25) is 0 Å². The highest BCUT2D eigenvalue weighted by Crippen LogP contribution is 2.49. The zero-order valence-corrected chi connectivity index (χ0v) is 23.7. The van der Waals surface area contributed by atoms with Gasteiger partial charge in [0.25, 0.3) is 5.91 Å². The molecule has 0 radical (unpaired) electrons. The smallest absolute Gasteiger partial charge is 0.258 e. The van der Waals surface area contributed by atoms with Gasteiger partial charge in [-0.2, -0.15) is 0 Å². The topological polar surface area (TPSA) is 77.1 Å². The predicted molar refractivity (Wildman–Crippen MR) is 163 cm³/mol. The zero-order valence-electron chi connectivity index (χ0n) is 23.7. The number of carbonyl (C=O) groups is 2. The van der Waals surface area contributed by atoms with E-state index in [0.29, 0.717) is 28.5 Å². The van der Waals surface area contributed by atoms with Gasteiger partial charge in [-0.05, 0) is 59.7 Å². The summed E-state index contributed by atoms with van der Waals surface area (Å²) in [6, 6.07) is 29.7. The Kier molecular flexibility index (Phi) is 7.40. The summed E-state index contributed by atoms with van der Waals surface area (Å²) in [6.07, 6.45) is 2.40. The lowest BCUT2D eigenvalue weighted by molar-refractivity contribution is -0.123. The number of Topliss-reactive ketones (excluding diaryl/α,β-unsaturated/α-hetero) is 1. The maximum atomic E-state index is 14.3. The Hall–Kier alpha value is -5.04. The number of rotatable bonds is 6. The van der Waals surface area contributed by atoms with Gasteiger partial charge in [0.15, 0.2) is 11.5 Å². The fourth-order valence-electron chi connectivity index (χ4n) is 6.00. The zero-order chi connectivity index (χ0) is 29.2. The number of nitrogens with one attached hydrogen (secondary N) is 1. The van der Waals surface area contributed by atoms with Gasteiger partial charge in [0, 0.05) is 23.6 Å². The lowest BCUT2D eigenvalue weighted by atomic mass is 9.76. The fraction of sp³-hybridized carbons (Fsp3) is 0.200. The van der Waals surface area contributed by atoms with Gasteiger partial charge in [-0.25, -0.2) is 0 Å². The van der Waals surface area contributed by atoms with E-state index < -0.39 is 12.0 Å². The summed E-state index contributed by atoms with van der Waals surface area (Å²) in [6.45, 7) is 0. The van der Waals surface area contributed by atoms with Crippen molar-refractivity contribution < 1.29 is 23.8 Å². The van der Waals surface area contributed by atoms with Crippen molar-refractivity contribution in [2.45, 2.75) is 18.4 Å². The molecule has 42 heavy (non-hydrogen) atoms. The number of nitrogens with zero attached hydrogens (tertiary/aromatic N) is 1. The minimum atomic E-state index is -0.616. The quantitative estimate of drug-likeness (QED) is 0.280. The van der Waals surface area contributed by atoms with E-state index in [9.17, 15) is 9.59 Å². The first-order chi connectivity index (χ1) is 20.5. The Morgan fingerprint density at radius 3 is 2.19 bits per heavy atom. The van der Waals surface area contributed by atoms with Gasteiger partial charge in [-0.1, -0.05) is 54.6 Å². The normalized spacial score (nSPS) is 19.4. The van der Waals surface area contributed by atoms with Crippen LogP contribution < -0.4 is 24.4 Å². The van der Waals surface area contributed by atoms with Crippen LogP contribution >= 0.6 is 0 Å². The van der Waals surface area contributed by atoms with Gasteiger partial charge in [-0.3, -0.25) is 14.5 Å². The first kappa shape index (κ1) is 27.1. The van der Waals surface area contributed by atoms with Crippen LogP contribution in [0.5, 0.6) is 17.2 Å². The second kappa shape index (κ2) is 11.4. The molecule has 0 fully saturated rings. The highest BCUT2D eigenvalue weighted by molar-refractivity contribution is 6.09. The van der Waals surface area contributed by atoms with E-state index in [0.717, 1.165) is 22.5 Å². The van der Waals surface area contributed by atoms with Crippen LogP contribution in [0.4, 0.5) is 11.4 Å². The molecule has 7 nitrogen and oxygen atoms in total. The highest BCUT2D eigenvalue weighted by Gasteiger charge is 2.45. The largest absolute Gasteiger partial charge is 0.497 e. The van der Waals surface area contributed by atoms with Crippen LogP contribution in [0.25, 0.3) is 0 Å². The van der Waals surface area contributed by atoms with Crippen LogP contribution in [0.15, 0.2) is 109 Å². The minimum Gasteiger partial charge on any atom is -0.497 e. The third-order valence-corrected chi connectivity index (χ3v) is 8.05. The van der Waals surface area contributed by atoms with E-state index in [4.69, 9.17) is 14.2 Å². The average molecular weight is 561 g/mol. The highest BCUT2D eigenvalue weighted by atomic mass is 16.5. The van der Waals surface area contributed by atoms with E-state index in [1.165, 1.54) is 0 Å². The second-order valence-electron chi connectivity index (χ2n) is 10.4. The number of allylic oxidation sites excluding steroid dienone is 1. The van der Waals surface area contributed by atoms with Crippen molar-refractivity contribution >= 4 is 23.1 Å². The molecule has 0 bridgehead atoms. The predicted octanol–water partition coefficient (Wildman–Crippen LogP) is 6.78. The molecule has 1 heterocycles. The van der Waals surface area contributed by atoms with Crippen molar-refractivity contribution in [3.8, 4) is 17.2 Å². The van der Waals surface area contributed by atoms with Crippen molar-refractivity contribution in [1.29, 1.82) is 0 Å². The van der Waals surface area contributed by atoms with Gasteiger partial charge < -0.3 is 19.5 Å². The summed E-state index contributed by atoms with van der Waals surface area (Å²) in [5.41, 5.74) is 4.57. The van der Waals surface area contributed by atoms with Crippen LogP contribution in [0.3, 0.4) is 0 Å². The van der Waals surface area contributed by atoms with Crippen molar-refractivity contribution in [2.75, 3.05) is 31.5 Å². The van der Waals surface area contributed by atoms with Crippen LogP contribution in [0.1, 0.15) is 39.9 Å². The number of amides is 1. The Morgan fingerprint density at radius 2 is 1.48 bits per heavy atom. The van der Waals surface area contributed by atoms with Crippen LogP contribution in [0.2, 0.25) is 0 Å². The molecule has 0 saturated carbocycles. The molecule has 0 aromatic heterocycles. The summed E-state index contributed by atoms with van der Waals surface area (Å²) >= 11 is 0. The number of ether oxygens (including phenoxy) is 3. The first-order valence-electron chi connectivity index (χ1n) is 13.9. The number of hydrogen-bond donors (Lipinski definition) is 1. The van der Waals surface area contributed by atoms with E-state index in [-0.39, 0.29) is 24.0 Å². The van der Waals surface area contributed by atoms with Crippen molar-refractivity contribution in [3.05, 3.63) is 126 Å². The summed E-state index contributed by atoms with van der Waals surface area (Å²) in [5, 5.41) is 3.57. The molecule has 0 spiro atoms. The fourth-order valence-corrected chi connectivity index (χ4v) is 6.00. The summed E-state index contributed by atoms with van der Waals surface area (Å²) in [4.78, 5) is 30.4. The molecule has 2 aliphatic rings. The summed E-state index contributed by atoms with van der Waals surface area (Å²) in [5.74, 6) is 1.00. The lowest BCUT2D eigenvalue weighted by Crippen LogP contribution is -2.42. The van der Waals surface area contributed by atoms with Crippen molar-refractivity contribution in [2.24, 2.45) is 5.92 Å². The molecule has 4 aromatic carbocycles. The summed E-state index contributed by atoms with van der Waals surface area (Å²) in [7, 11) is 4.82. The standard InChI is InChI=1S/C35H32N2O5/c1-40-26-16-13-22(14-17-26)34-33-28(19-25(20-30(33)38)24-15-18-31(41-2)32(21-24)42-3)36-27-11-7-8-12-29(27)37(34)35(39)23-9-5-4-6-10-23/h4-19,21,25,33-34,36H,20H2,1-3H3. The molecule has 6 rings (SSSR count). The van der Waals surface area contributed by atoms with E-state index in [1.807, 2.05) is 84.9 Å². The molecule has 7 heteroatoms. The number of carbonyl (C=O) groups excluding carboxylic acids is 2. The molecular weight excluding hydrogens is 528 g/mol. The Labute approximate surface area is 245 Å². The summed E-state index contributed by atoms with van der Waals surface area (Å²) < 4.78 is 16.4. The molecule has 4 aromatic rings. The third kappa shape index (κ3) is 4.87. The van der Waals surface area contributed by atoms with Crippen molar-refractivity contribution in [1.82, 2.24) is 0 Å². The Morgan fingerprint density at radius 1 is 0.786 bits per heavy atom. The number of para-hydroxylation sites is 2. The number of benzene rings is 4. The average Bonchev–Trinajstić information content (AvgIpc) is 3.19. The first-order valence-corrected chi connectivity index (χ1v) is 13.9. The molecule has 1 aliphatic carbocycles. The van der Waals surface area contributed by atoms with Crippen molar-refractivity contribution in [3.63, 3.8) is 0 Å². The number of anilines is 2. The maximum Gasteiger partial charge on any atom is 0.258 e. The molecule has 0 saturated heterocycles. The Bertz CT molecular complexity index is 1650. The number of ketones is 1. The molecule has 1 aliphatic heterocycles. The van der Waals surface area contributed by atoms with Crippen LogP contribution in [0, 0.1) is 5.92 Å². The number of methoxy groups -OCH3 is 3. The third-order valence-electron chi connectivity index (χ3n) is 8.05. The van der Waals surface area contributed by atoms with Crippen LogP contribution in [-0.4, -0.2) is 33.0 Å². The van der Waals surface area contributed by atoms with E-state index >= 15 is 0 Å². The second-order valence-corrected chi connectivity index (χ2v) is 10.4. The lowest BCUT2D eigenvalue weighted by Gasteiger charge is -2.37. The molecule has 212 valence electrons. The Balaban J connectivity index is 1.53.